The van der Waals surface area contributed by atoms with Crippen LogP contribution in [-0.2, 0) is 15.0 Å². The topological polar surface area (TPSA) is 95.5 Å². The normalized spacial score (nSPS) is 15.4. The molecule has 6 nitrogen and oxygen atoms in total. The van der Waals surface area contributed by atoms with Crippen LogP contribution >= 0.6 is 0 Å². The maximum atomic E-state index is 11.8. The van der Waals surface area contributed by atoms with Crippen LogP contribution in [0.25, 0.3) is 6.08 Å². The lowest BCUT2D eigenvalue weighted by Gasteiger charge is -2.10. The number of carbonyl (C=O) groups is 1. The summed E-state index contributed by atoms with van der Waals surface area (Å²) in [5, 5.41) is 8.60. The predicted octanol–water partition coefficient (Wildman–Crippen LogP) is 1.50. The minimum Gasteiger partial charge on any atom is -0.478 e. The minimum absolute atomic E-state index is 0.0312. The molecule has 0 bridgehead atoms. The van der Waals surface area contributed by atoms with Gasteiger partial charge in [-0.25, -0.2) is 4.79 Å². The van der Waals surface area contributed by atoms with E-state index >= 15 is 0 Å². The minimum atomic E-state index is -3.58. The van der Waals surface area contributed by atoms with E-state index in [-0.39, 0.29) is 6.04 Å². The molecule has 0 unspecified atom stereocenters. The van der Waals surface area contributed by atoms with Gasteiger partial charge in [-0.3, -0.25) is 4.72 Å². The fraction of sp³-hybridized carbons (Fsp3) is 0.308. The molecule has 2 rings (SSSR count). The Labute approximate surface area is 117 Å². The number of anilines is 1. The van der Waals surface area contributed by atoms with Crippen molar-refractivity contribution >= 4 is 27.9 Å². The molecule has 7 heteroatoms. The lowest BCUT2D eigenvalue weighted by atomic mass is 10.1. The first-order chi connectivity index (χ1) is 9.34. The Kier molecular flexibility index (Phi) is 4.10. The highest BCUT2D eigenvalue weighted by Gasteiger charge is 2.26. The second-order valence-corrected chi connectivity index (χ2v) is 6.25. The third-order valence-corrected chi connectivity index (χ3v) is 3.82. The third-order valence-electron chi connectivity index (χ3n) is 2.67. The molecule has 0 aromatic heterocycles. The van der Waals surface area contributed by atoms with E-state index in [1.807, 2.05) is 6.92 Å². The number of benzene rings is 1. The molecule has 1 aromatic carbocycles. The summed E-state index contributed by atoms with van der Waals surface area (Å²) in [6.07, 6.45) is 4.15. The molecule has 108 valence electrons. The van der Waals surface area contributed by atoms with Crippen LogP contribution in [-0.4, -0.2) is 25.5 Å². The van der Waals surface area contributed by atoms with Crippen LogP contribution in [0.4, 0.5) is 5.69 Å². The molecule has 0 radical (unpaired) electrons. The maximum Gasteiger partial charge on any atom is 0.328 e. The molecule has 0 aliphatic heterocycles. The van der Waals surface area contributed by atoms with E-state index < -0.39 is 16.2 Å². The first kappa shape index (κ1) is 14.5. The van der Waals surface area contributed by atoms with Gasteiger partial charge in [-0.15, -0.1) is 0 Å². The van der Waals surface area contributed by atoms with Gasteiger partial charge in [0.05, 0.1) is 5.69 Å². The molecule has 0 spiro atoms. The van der Waals surface area contributed by atoms with Crippen molar-refractivity contribution in [1.29, 1.82) is 0 Å². The predicted molar refractivity (Wildman–Crippen MR) is 76.5 cm³/mol. The van der Waals surface area contributed by atoms with E-state index in [1.54, 1.807) is 18.2 Å². The SMILES string of the molecule is Cc1cc(/C=C/C(=O)O)cc(NS(=O)(=O)NC2CC2)c1. The fourth-order valence-corrected chi connectivity index (χ4v) is 2.90. The molecule has 3 N–H and O–H groups in total. The summed E-state index contributed by atoms with van der Waals surface area (Å²) in [6, 6.07) is 5.07. The Morgan fingerprint density at radius 1 is 1.35 bits per heavy atom. The Hall–Kier alpha value is -1.86. The van der Waals surface area contributed by atoms with Crippen LogP contribution in [0.3, 0.4) is 0 Å². The molecule has 1 aliphatic rings. The number of carboxylic acids is 1. The Morgan fingerprint density at radius 3 is 2.65 bits per heavy atom. The van der Waals surface area contributed by atoms with Crippen molar-refractivity contribution in [3.8, 4) is 0 Å². The van der Waals surface area contributed by atoms with Crippen molar-refractivity contribution in [1.82, 2.24) is 4.72 Å². The molecular weight excluding hydrogens is 280 g/mol. The van der Waals surface area contributed by atoms with Crippen LogP contribution in [0.2, 0.25) is 0 Å². The van der Waals surface area contributed by atoms with Crippen molar-refractivity contribution in [2.75, 3.05) is 4.72 Å². The first-order valence-electron chi connectivity index (χ1n) is 6.17. The van der Waals surface area contributed by atoms with E-state index in [9.17, 15) is 13.2 Å². The summed E-state index contributed by atoms with van der Waals surface area (Å²) in [5.41, 5.74) is 1.86. The highest BCUT2D eigenvalue weighted by Crippen LogP contribution is 2.21. The van der Waals surface area contributed by atoms with Crippen molar-refractivity contribution < 1.29 is 18.3 Å². The van der Waals surface area contributed by atoms with E-state index in [0.29, 0.717) is 11.3 Å². The molecule has 0 saturated heterocycles. The van der Waals surface area contributed by atoms with Crippen molar-refractivity contribution in [2.24, 2.45) is 0 Å². The number of aryl methyl sites for hydroxylation is 1. The summed E-state index contributed by atoms with van der Waals surface area (Å²) in [4.78, 5) is 10.5. The molecule has 1 saturated carbocycles. The van der Waals surface area contributed by atoms with Gasteiger partial charge in [-0.1, -0.05) is 6.07 Å². The molecule has 1 fully saturated rings. The number of hydrogen-bond acceptors (Lipinski definition) is 3. The highest BCUT2D eigenvalue weighted by atomic mass is 32.2. The van der Waals surface area contributed by atoms with Crippen LogP contribution in [0, 0.1) is 6.92 Å². The zero-order chi connectivity index (χ0) is 14.8. The number of nitrogens with one attached hydrogen (secondary N) is 2. The molecular formula is C13H16N2O4S. The summed E-state index contributed by atoms with van der Waals surface area (Å²) >= 11 is 0. The molecule has 1 aliphatic carbocycles. The van der Waals surface area contributed by atoms with Gasteiger partial charge < -0.3 is 5.11 Å². The first-order valence-corrected chi connectivity index (χ1v) is 7.65. The van der Waals surface area contributed by atoms with Gasteiger partial charge >= 0.3 is 5.97 Å². The smallest absolute Gasteiger partial charge is 0.328 e. The molecule has 0 amide bonds. The number of rotatable bonds is 6. The van der Waals surface area contributed by atoms with Crippen molar-refractivity contribution in [2.45, 2.75) is 25.8 Å². The number of hydrogen-bond donors (Lipinski definition) is 3. The second-order valence-electron chi connectivity index (χ2n) is 4.80. The summed E-state index contributed by atoms with van der Waals surface area (Å²) < 4.78 is 28.6. The quantitative estimate of drug-likeness (QED) is 0.693. The lowest BCUT2D eigenvalue weighted by Crippen LogP contribution is -2.31. The highest BCUT2D eigenvalue weighted by molar-refractivity contribution is 7.90. The van der Waals surface area contributed by atoms with Gasteiger partial charge in [0.1, 0.15) is 0 Å². The second kappa shape index (κ2) is 5.64. The van der Waals surface area contributed by atoms with E-state index in [2.05, 4.69) is 9.44 Å². The molecule has 0 heterocycles. The van der Waals surface area contributed by atoms with Crippen molar-refractivity contribution in [3.63, 3.8) is 0 Å². The Morgan fingerprint density at radius 2 is 2.05 bits per heavy atom. The van der Waals surface area contributed by atoms with Gasteiger partial charge in [0, 0.05) is 12.1 Å². The number of aliphatic carboxylic acids is 1. The van der Waals surface area contributed by atoms with Gasteiger partial charge in [-0.2, -0.15) is 13.1 Å². The average Bonchev–Trinajstić information content (AvgIpc) is 3.07. The van der Waals surface area contributed by atoms with Crippen molar-refractivity contribution in [3.05, 3.63) is 35.4 Å². The Bertz CT molecular complexity index is 648. The van der Waals surface area contributed by atoms with Gasteiger partial charge in [0.2, 0.25) is 0 Å². The lowest BCUT2D eigenvalue weighted by molar-refractivity contribution is -0.131. The number of carboxylic acid groups (broad SMARTS) is 1. The van der Waals surface area contributed by atoms with Crippen LogP contribution < -0.4 is 9.44 Å². The monoisotopic (exact) mass is 296 g/mol. The maximum absolute atomic E-state index is 11.8. The van der Waals surface area contributed by atoms with E-state index in [0.717, 1.165) is 24.5 Å². The summed E-state index contributed by atoms with van der Waals surface area (Å²) in [6.45, 7) is 1.81. The van der Waals surface area contributed by atoms with Crippen LogP contribution in [0.1, 0.15) is 24.0 Å². The zero-order valence-corrected chi connectivity index (χ0v) is 11.8. The molecule has 1 aromatic rings. The third kappa shape index (κ3) is 4.67. The molecule has 0 atom stereocenters. The largest absolute Gasteiger partial charge is 0.478 e. The van der Waals surface area contributed by atoms with Gasteiger partial charge in [0.25, 0.3) is 10.2 Å². The summed E-state index contributed by atoms with van der Waals surface area (Å²) in [7, 11) is -3.58. The summed E-state index contributed by atoms with van der Waals surface area (Å²) in [5.74, 6) is -1.05. The zero-order valence-electron chi connectivity index (χ0n) is 11.0. The van der Waals surface area contributed by atoms with Crippen LogP contribution in [0.15, 0.2) is 24.3 Å². The molecule has 20 heavy (non-hydrogen) atoms. The van der Waals surface area contributed by atoms with E-state index in [4.69, 9.17) is 5.11 Å². The van der Waals surface area contributed by atoms with Crippen LogP contribution in [0.5, 0.6) is 0 Å². The van der Waals surface area contributed by atoms with Gasteiger partial charge in [0.15, 0.2) is 0 Å². The Balaban J connectivity index is 2.16. The van der Waals surface area contributed by atoms with E-state index in [1.165, 1.54) is 6.08 Å². The standard InChI is InChI=1S/C13H16N2O4S/c1-9-6-10(2-5-13(16)17)8-12(7-9)15-20(18,19)14-11-3-4-11/h2,5-8,11,14-15H,3-4H2,1H3,(H,16,17)/b5-2+. The average molecular weight is 296 g/mol. The fourth-order valence-electron chi connectivity index (χ4n) is 1.74. The van der Waals surface area contributed by atoms with Gasteiger partial charge in [-0.05, 0) is 49.1 Å².